The SMILES string of the molecule is CC1(C)C2CNCC2CN1S(=O)(=O)CCCC(F)(F)F. The van der Waals surface area contributed by atoms with E-state index in [1.165, 1.54) is 4.31 Å². The van der Waals surface area contributed by atoms with E-state index in [1.807, 2.05) is 13.8 Å². The van der Waals surface area contributed by atoms with Crippen molar-refractivity contribution in [3.63, 3.8) is 0 Å². The van der Waals surface area contributed by atoms with Crippen LogP contribution >= 0.6 is 0 Å². The lowest BCUT2D eigenvalue weighted by Crippen LogP contribution is -2.48. The number of nitrogens with zero attached hydrogens (tertiary/aromatic N) is 1. The van der Waals surface area contributed by atoms with Crippen LogP contribution in [0.3, 0.4) is 0 Å². The Kier molecular flexibility index (Phi) is 4.12. The molecule has 20 heavy (non-hydrogen) atoms. The number of sulfonamides is 1. The number of alkyl halides is 3. The highest BCUT2D eigenvalue weighted by Gasteiger charge is 2.53. The fourth-order valence-electron chi connectivity index (χ4n) is 3.42. The van der Waals surface area contributed by atoms with E-state index in [0.29, 0.717) is 6.54 Å². The Balaban J connectivity index is 2.03. The summed E-state index contributed by atoms with van der Waals surface area (Å²) >= 11 is 0. The topological polar surface area (TPSA) is 49.4 Å². The summed E-state index contributed by atoms with van der Waals surface area (Å²) in [5.74, 6) is 0.0743. The van der Waals surface area contributed by atoms with Crippen molar-refractivity contribution in [2.75, 3.05) is 25.4 Å². The molecule has 2 aliphatic heterocycles. The lowest BCUT2D eigenvalue weighted by atomic mass is 9.85. The zero-order chi connectivity index (χ0) is 15.2. The number of hydrogen-bond acceptors (Lipinski definition) is 3. The van der Waals surface area contributed by atoms with Gasteiger partial charge < -0.3 is 5.32 Å². The van der Waals surface area contributed by atoms with E-state index in [4.69, 9.17) is 0 Å². The van der Waals surface area contributed by atoms with Crippen molar-refractivity contribution in [1.82, 2.24) is 9.62 Å². The van der Waals surface area contributed by atoms with Gasteiger partial charge in [-0.05, 0) is 38.6 Å². The van der Waals surface area contributed by atoms with Gasteiger partial charge in [-0.15, -0.1) is 0 Å². The van der Waals surface area contributed by atoms with Gasteiger partial charge in [-0.3, -0.25) is 0 Å². The minimum atomic E-state index is -4.30. The molecule has 2 saturated heterocycles. The minimum absolute atomic E-state index is 0.236. The van der Waals surface area contributed by atoms with Gasteiger partial charge in [0.25, 0.3) is 0 Å². The van der Waals surface area contributed by atoms with Gasteiger partial charge in [0.05, 0.1) is 5.75 Å². The predicted molar refractivity (Wildman–Crippen MR) is 69.7 cm³/mol. The van der Waals surface area contributed by atoms with Crippen LogP contribution in [0.5, 0.6) is 0 Å². The van der Waals surface area contributed by atoms with Crippen LogP contribution in [-0.4, -0.2) is 49.8 Å². The van der Waals surface area contributed by atoms with Crippen molar-refractivity contribution >= 4 is 10.0 Å². The fourth-order valence-corrected chi connectivity index (χ4v) is 5.42. The monoisotopic (exact) mass is 314 g/mol. The first-order valence-electron chi connectivity index (χ1n) is 6.82. The maximum absolute atomic E-state index is 12.3. The quantitative estimate of drug-likeness (QED) is 0.857. The Morgan fingerprint density at radius 3 is 2.50 bits per heavy atom. The summed E-state index contributed by atoms with van der Waals surface area (Å²) in [5.41, 5.74) is -0.523. The molecule has 2 rings (SSSR count). The molecule has 118 valence electrons. The number of hydrogen-bond donors (Lipinski definition) is 1. The van der Waals surface area contributed by atoms with E-state index < -0.39 is 33.9 Å². The maximum Gasteiger partial charge on any atom is 0.389 e. The molecule has 1 N–H and O–H groups in total. The predicted octanol–water partition coefficient (Wildman–Crippen LogP) is 1.59. The van der Waals surface area contributed by atoms with Crippen molar-refractivity contribution in [3.8, 4) is 0 Å². The van der Waals surface area contributed by atoms with Crippen molar-refractivity contribution in [2.45, 2.75) is 38.4 Å². The van der Waals surface area contributed by atoms with Crippen molar-refractivity contribution in [3.05, 3.63) is 0 Å². The van der Waals surface area contributed by atoms with Crippen LogP contribution in [-0.2, 0) is 10.0 Å². The second kappa shape index (κ2) is 5.14. The molecule has 0 aromatic rings. The van der Waals surface area contributed by atoms with Crippen LogP contribution in [0.1, 0.15) is 26.7 Å². The van der Waals surface area contributed by atoms with Gasteiger partial charge in [0.2, 0.25) is 10.0 Å². The number of rotatable bonds is 4. The molecule has 0 aromatic heterocycles. The third-order valence-electron chi connectivity index (χ3n) is 4.49. The number of nitrogens with one attached hydrogen (secondary N) is 1. The summed E-state index contributed by atoms with van der Waals surface area (Å²) in [5, 5.41) is 3.24. The molecular weight excluding hydrogens is 293 g/mol. The molecule has 0 saturated carbocycles. The van der Waals surface area contributed by atoms with Crippen molar-refractivity contribution in [2.24, 2.45) is 11.8 Å². The van der Waals surface area contributed by atoms with E-state index in [1.54, 1.807) is 0 Å². The molecule has 2 atom stereocenters. The molecule has 2 fully saturated rings. The molecule has 0 aromatic carbocycles. The Morgan fingerprint density at radius 1 is 1.30 bits per heavy atom. The Bertz CT molecular complexity index is 462. The van der Waals surface area contributed by atoms with Gasteiger partial charge in [-0.2, -0.15) is 17.5 Å². The fraction of sp³-hybridized carbons (Fsp3) is 1.00. The van der Waals surface area contributed by atoms with E-state index in [-0.39, 0.29) is 18.3 Å². The molecule has 0 aliphatic carbocycles. The summed E-state index contributed by atoms with van der Waals surface area (Å²) in [6, 6.07) is 0. The van der Waals surface area contributed by atoms with Crippen LogP contribution in [0.4, 0.5) is 13.2 Å². The molecule has 0 radical (unpaired) electrons. The third kappa shape index (κ3) is 3.12. The molecule has 8 heteroatoms. The lowest BCUT2D eigenvalue weighted by Gasteiger charge is -2.34. The van der Waals surface area contributed by atoms with Gasteiger partial charge in [-0.25, -0.2) is 8.42 Å². The Labute approximate surface area is 117 Å². The van der Waals surface area contributed by atoms with Crippen LogP contribution in [0.25, 0.3) is 0 Å². The van der Waals surface area contributed by atoms with E-state index in [9.17, 15) is 21.6 Å². The minimum Gasteiger partial charge on any atom is -0.316 e. The Morgan fingerprint density at radius 2 is 1.95 bits per heavy atom. The van der Waals surface area contributed by atoms with E-state index >= 15 is 0 Å². The highest BCUT2D eigenvalue weighted by Crippen LogP contribution is 2.42. The van der Waals surface area contributed by atoms with Crippen LogP contribution in [0.2, 0.25) is 0 Å². The van der Waals surface area contributed by atoms with Gasteiger partial charge in [0.15, 0.2) is 0 Å². The maximum atomic E-state index is 12.3. The highest BCUT2D eigenvalue weighted by atomic mass is 32.2. The zero-order valence-corrected chi connectivity index (χ0v) is 12.5. The van der Waals surface area contributed by atoms with E-state index in [0.717, 1.165) is 13.1 Å². The number of halogens is 3. The zero-order valence-electron chi connectivity index (χ0n) is 11.7. The van der Waals surface area contributed by atoms with Gasteiger partial charge >= 0.3 is 6.18 Å². The summed E-state index contributed by atoms with van der Waals surface area (Å²) in [6.45, 7) is 5.70. The molecule has 4 nitrogen and oxygen atoms in total. The normalized spacial score (nSPS) is 30.6. The summed E-state index contributed by atoms with van der Waals surface area (Å²) < 4.78 is 62.4. The Hall–Kier alpha value is -0.340. The lowest BCUT2D eigenvalue weighted by molar-refractivity contribution is -0.134. The van der Waals surface area contributed by atoms with Gasteiger partial charge in [0, 0.05) is 25.0 Å². The first kappa shape index (κ1) is 16.0. The second-order valence-corrected chi connectivity index (χ2v) is 8.26. The largest absolute Gasteiger partial charge is 0.389 e. The van der Waals surface area contributed by atoms with Crippen molar-refractivity contribution < 1.29 is 21.6 Å². The van der Waals surface area contributed by atoms with E-state index in [2.05, 4.69) is 5.32 Å². The highest BCUT2D eigenvalue weighted by molar-refractivity contribution is 7.89. The average molecular weight is 314 g/mol. The van der Waals surface area contributed by atoms with Crippen LogP contribution < -0.4 is 5.32 Å². The molecule has 2 unspecified atom stereocenters. The first-order valence-corrected chi connectivity index (χ1v) is 8.43. The first-order chi connectivity index (χ1) is 9.04. The molecule has 0 amide bonds. The summed E-state index contributed by atoms with van der Waals surface area (Å²) in [7, 11) is -3.63. The third-order valence-corrected chi connectivity index (χ3v) is 6.58. The molecule has 0 bridgehead atoms. The summed E-state index contributed by atoms with van der Waals surface area (Å²) in [6.07, 6.45) is -5.71. The standard InChI is InChI=1S/C12H21F3N2O2S/c1-11(2)10-7-16-6-9(10)8-17(11)20(18,19)5-3-4-12(13,14)15/h9-10,16H,3-8H2,1-2H3. The molecule has 2 heterocycles. The molecule has 0 spiro atoms. The van der Waals surface area contributed by atoms with Gasteiger partial charge in [-0.1, -0.05) is 0 Å². The second-order valence-electron chi connectivity index (χ2n) is 6.24. The number of fused-ring (bicyclic) bond motifs is 1. The van der Waals surface area contributed by atoms with Crippen molar-refractivity contribution in [1.29, 1.82) is 0 Å². The van der Waals surface area contributed by atoms with Crippen LogP contribution in [0.15, 0.2) is 0 Å². The van der Waals surface area contributed by atoms with Crippen LogP contribution in [0, 0.1) is 11.8 Å². The molecular formula is C12H21F3N2O2S. The molecule has 2 aliphatic rings. The van der Waals surface area contributed by atoms with Gasteiger partial charge in [0.1, 0.15) is 0 Å². The average Bonchev–Trinajstić information content (AvgIpc) is 2.79. The smallest absolute Gasteiger partial charge is 0.316 e. The summed E-state index contributed by atoms with van der Waals surface area (Å²) in [4.78, 5) is 0.